The van der Waals surface area contributed by atoms with Crippen molar-refractivity contribution in [3.05, 3.63) is 70.3 Å². The number of hydrogen-bond acceptors (Lipinski definition) is 5. The highest BCUT2D eigenvalue weighted by atomic mass is 16.6. The van der Waals surface area contributed by atoms with E-state index in [4.69, 9.17) is 4.74 Å². The Morgan fingerprint density at radius 3 is 2.55 bits per heavy atom. The summed E-state index contributed by atoms with van der Waals surface area (Å²) in [6.07, 6.45) is 7.55. The van der Waals surface area contributed by atoms with Gasteiger partial charge in [0.1, 0.15) is 6.61 Å². The second-order valence-corrected chi connectivity index (χ2v) is 9.32. The van der Waals surface area contributed by atoms with Crippen LogP contribution in [0, 0.1) is 22.0 Å². The standard InChI is InChI=1S/C26H33N3O4/c30-26(33-19-20-7-2-1-3-8-20)27-25-11-5-4-10-22(25)17-21-9-6-16-28(18-21)23-12-14-24(15-13-23)29(31)32/h1-3,7-8,12-15,21-22,25H,4-6,9-11,16-19H2,(H,27,30)/t21-,22+,25-/m1/s1. The normalized spacial score (nSPS) is 23.0. The fraction of sp³-hybridized carbons (Fsp3) is 0.500. The average Bonchev–Trinajstić information content (AvgIpc) is 2.85. The zero-order chi connectivity index (χ0) is 23.0. The first-order chi connectivity index (χ1) is 16.1. The minimum Gasteiger partial charge on any atom is -0.445 e. The molecule has 0 aromatic heterocycles. The molecule has 33 heavy (non-hydrogen) atoms. The number of rotatable bonds is 7. The molecule has 1 saturated heterocycles. The smallest absolute Gasteiger partial charge is 0.407 e. The van der Waals surface area contributed by atoms with E-state index in [1.165, 1.54) is 12.8 Å². The van der Waals surface area contributed by atoms with Crippen LogP contribution in [0.15, 0.2) is 54.6 Å². The number of nitro benzene ring substituents is 1. The highest BCUT2D eigenvalue weighted by molar-refractivity contribution is 5.67. The van der Waals surface area contributed by atoms with Gasteiger partial charge in [-0.15, -0.1) is 0 Å². The van der Waals surface area contributed by atoms with Gasteiger partial charge in [-0.25, -0.2) is 4.79 Å². The van der Waals surface area contributed by atoms with E-state index in [-0.39, 0.29) is 29.4 Å². The monoisotopic (exact) mass is 451 g/mol. The summed E-state index contributed by atoms with van der Waals surface area (Å²) < 4.78 is 5.46. The van der Waals surface area contributed by atoms with Gasteiger partial charge in [-0.2, -0.15) is 0 Å². The molecule has 3 atom stereocenters. The maximum atomic E-state index is 12.4. The highest BCUT2D eigenvalue weighted by Gasteiger charge is 2.31. The van der Waals surface area contributed by atoms with Crippen LogP contribution < -0.4 is 10.2 Å². The molecule has 7 heteroatoms. The average molecular weight is 452 g/mol. The number of carbonyl (C=O) groups is 1. The number of hydrogen-bond donors (Lipinski definition) is 1. The molecule has 0 radical (unpaired) electrons. The highest BCUT2D eigenvalue weighted by Crippen LogP contribution is 2.34. The number of nitrogens with zero attached hydrogens (tertiary/aromatic N) is 2. The predicted molar refractivity (Wildman–Crippen MR) is 128 cm³/mol. The number of benzene rings is 2. The van der Waals surface area contributed by atoms with Crippen LogP contribution in [0.2, 0.25) is 0 Å². The van der Waals surface area contributed by atoms with Crippen molar-refractivity contribution >= 4 is 17.5 Å². The quantitative estimate of drug-likeness (QED) is 0.432. The molecule has 176 valence electrons. The summed E-state index contributed by atoms with van der Waals surface area (Å²) in [5, 5.41) is 14.1. The minimum absolute atomic E-state index is 0.127. The molecular formula is C26H33N3O4. The Morgan fingerprint density at radius 2 is 1.79 bits per heavy atom. The van der Waals surface area contributed by atoms with Crippen LogP contribution >= 0.6 is 0 Å². The number of anilines is 1. The van der Waals surface area contributed by atoms with Gasteiger partial charge in [0.25, 0.3) is 5.69 Å². The van der Waals surface area contributed by atoms with Gasteiger partial charge < -0.3 is 15.0 Å². The first-order valence-electron chi connectivity index (χ1n) is 12.0. The summed E-state index contributed by atoms with van der Waals surface area (Å²) in [7, 11) is 0. The summed E-state index contributed by atoms with van der Waals surface area (Å²) >= 11 is 0. The van der Waals surface area contributed by atoms with E-state index >= 15 is 0 Å². The second-order valence-electron chi connectivity index (χ2n) is 9.32. The molecule has 0 bridgehead atoms. The Balaban J connectivity index is 1.30. The van der Waals surface area contributed by atoms with E-state index < -0.39 is 0 Å². The lowest BCUT2D eigenvalue weighted by molar-refractivity contribution is -0.384. The van der Waals surface area contributed by atoms with Gasteiger partial charge in [0.15, 0.2) is 0 Å². The molecule has 1 saturated carbocycles. The van der Waals surface area contributed by atoms with E-state index in [0.717, 1.165) is 56.4 Å². The first-order valence-corrected chi connectivity index (χ1v) is 12.0. The van der Waals surface area contributed by atoms with Crippen LogP contribution in [-0.4, -0.2) is 30.1 Å². The lowest BCUT2D eigenvalue weighted by Gasteiger charge is -2.39. The van der Waals surface area contributed by atoms with Crippen molar-refractivity contribution in [3.8, 4) is 0 Å². The zero-order valence-electron chi connectivity index (χ0n) is 19.0. The van der Waals surface area contributed by atoms with E-state index in [2.05, 4.69) is 10.2 Å². The fourth-order valence-electron chi connectivity index (χ4n) is 5.30. The molecule has 1 heterocycles. The van der Waals surface area contributed by atoms with E-state index in [9.17, 15) is 14.9 Å². The maximum Gasteiger partial charge on any atom is 0.407 e. The van der Waals surface area contributed by atoms with Crippen molar-refractivity contribution in [2.24, 2.45) is 11.8 Å². The Labute approximate surface area is 195 Å². The predicted octanol–water partition coefficient (Wildman–Crippen LogP) is 5.69. The third-order valence-corrected chi connectivity index (χ3v) is 7.01. The third-order valence-electron chi connectivity index (χ3n) is 7.01. The maximum absolute atomic E-state index is 12.4. The number of nitrogens with one attached hydrogen (secondary N) is 1. The Kier molecular flexibility index (Phi) is 7.81. The third kappa shape index (κ3) is 6.46. The van der Waals surface area contributed by atoms with Gasteiger partial charge in [-0.1, -0.05) is 43.2 Å². The number of carbonyl (C=O) groups excluding carboxylic acids is 1. The van der Waals surface area contributed by atoms with Crippen molar-refractivity contribution < 1.29 is 14.5 Å². The summed E-state index contributed by atoms with van der Waals surface area (Å²) in [6.45, 7) is 2.23. The molecular weight excluding hydrogens is 418 g/mol. The number of amides is 1. The molecule has 2 aliphatic rings. The summed E-state index contributed by atoms with van der Waals surface area (Å²) in [4.78, 5) is 25.4. The molecule has 1 aliphatic carbocycles. The van der Waals surface area contributed by atoms with Gasteiger partial charge in [0, 0.05) is 37.0 Å². The second kappa shape index (κ2) is 11.2. The van der Waals surface area contributed by atoms with Gasteiger partial charge >= 0.3 is 6.09 Å². The van der Waals surface area contributed by atoms with E-state index in [0.29, 0.717) is 11.8 Å². The fourth-order valence-corrected chi connectivity index (χ4v) is 5.30. The van der Waals surface area contributed by atoms with Crippen molar-refractivity contribution in [1.82, 2.24) is 5.32 Å². The first kappa shape index (κ1) is 23.1. The van der Waals surface area contributed by atoms with Gasteiger partial charge in [-0.05, 0) is 61.6 Å². The zero-order valence-corrected chi connectivity index (χ0v) is 19.0. The Morgan fingerprint density at radius 1 is 1.03 bits per heavy atom. The SMILES string of the molecule is O=C(N[C@@H]1CCCC[C@H]1C[C@H]1CCCN(c2ccc([N+](=O)[O-])cc2)C1)OCc1ccccc1. The Hall–Kier alpha value is -3.09. The van der Waals surface area contributed by atoms with Crippen molar-refractivity contribution in [1.29, 1.82) is 0 Å². The number of ether oxygens (including phenoxy) is 1. The van der Waals surface area contributed by atoms with Gasteiger partial charge in [0.2, 0.25) is 0 Å². The van der Waals surface area contributed by atoms with Crippen molar-refractivity contribution in [3.63, 3.8) is 0 Å². The van der Waals surface area contributed by atoms with Crippen LogP contribution in [0.4, 0.5) is 16.2 Å². The van der Waals surface area contributed by atoms with Crippen LogP contribution in [0.3, 0.4) is 0 Å². The van der Waals surface area contributed by atoms with E-state index in [1.807, 2.05) is 42.5 Å². The van der Waals surface area contributed by atoms with Crippen LogP contribution in [0.1, 0.15) is 50.5 Å². The summed E-state index contributed by atoms with van der Waals surface area (Å²) in [5.74, 6) is 1.02. The van der Waals surface area contributed by atoms with Gasteiger partial charge in [-0.3, -0.25) is 10.1 Å². The number of alkyl carbamates (subject to hydrolysis) is 1. The van der Waals surface area contributed by atoms with Crippen LogP contribution in [0.5, 0.6) is 0 Å². The molecule has 2 aromatic carbocycles. The lowest BCUT2D eigenvalue weighted by atomic mass is 9.77. The summed E-state index contributed by atoms with van der Waals surface area (Å²) in [5.41, 5.74) is 2.16. The number of non-ortho nitro benzene ring substituents is 1. The molecule has 1 N–H and O–H groups in total. The number of nitro groups is 1. The van der Waals surface area contributed by atoms with E-state index in [1.54, 1.807) is 12.1 Å². The molecule has 4 rings (SSSR count). The van der Waals surface area contributed by atoms with Crippen molar-refractivity contribution in [2.75, 3.05) is 18.0 Å². The number of piperidine rings is 1. The van der Waals surface area contributed by atoms with Crippen LogP contribution in [-0.2, 0) is 11.3 Å². The topological polar surface area (TPSA) is 84.7 Å². The Bertz CT molecular complexity index is 919. The molecule has 2 fully saturated rings. The summed E-state index contributed by atoms with van der Waals surface area (Å²) in [6, 6.07) is 16.8. The molecule has 1 aliphatic heterocycles. The van der Waals surface area contributed by atoms with Crippen LogP contribution in [0.25, 0.3) is 0 Å². The minimum atomic E-state index is -0.357. The molecule has 2 aromatic rings. The molecule has 0 unspecified atom stereocenters. The molecule has 0 spiro atoms. The van der Waals surface area contributed by atoms with Crippen molar-refractivity contribution in [2.45, 2.75) is 57.6 Å². The molecule has 1 amide bonds. The largest absolute Gasteiger partial charge is 0.445 e. The lowest BCUT2D eigenvalue weighted by Crippen LogP contribution is -2.44. The van der Waals surface area contributed by atoms with Gasteiger partial charge in [0.05, 0.1) is 4.92 Å². The molecule has 7 nitrogen and oxygen atoms in total.